The van der Waals surface area contributed by atoms with Gasteiger partial charge in [-0.1, -0.05) is 0 Å². The number of amides is 2. The van der Waals surface area contributed by atoms with E-state index in [1.165, 1.54) is 0 Å². The van der Waals surface area contributed by atoms with E-state index in [0.717, 1.165) is 19.6 Å². The van der Waals surface area contributed by atoms with Crippen LogP contribution in [0.25, 0.3) is 0 Å². The lowest BCUT2D eigenvalue weighted by Gasteiger charge is -2.37. The van der Waals surface area contributed by atoms with Crippen molar-refractivity contribution in [1.82, 2.24) is 20.0 Å². The molecule has 0 radical (unpaired) electrons. The molecule has 2 aliphatic rings. The van der Waals surface area contributed by atoms with Gasteiger partial charge >= 0.3 is 0 Å². The summed E-state index contributed by atoms with van der Waals surface area (Å²) < 4.78 is 0. The van der Waals surface area contributed by atoms with Gasteiger partial charge < -0.3 is 20.0 Å². The Morgan fingerprint density at radius 2 is 1.86 bits per heavy atom. The van der Waals surface area contributed by atoms with Crippen molar-refractivity contribution in [3.63, 3.8) is 0 Å². The zero-order valence-electron chi connectivity index (χ0n) is 13.6. The highest BCUT2D eigenvalue weighted by molar-refractivity contribution is 5.89. The number of nitrogens with zero attached hydrogens (tertiary/aromatic N) is 3. The molecule has 1 N–H and O–H groups in total. The van der Waals surface area contributed by atoms with E-state index in [4.69, 9.17) is 0 Å². The van der Waals surface area contributed by atoms with Crippen LogP contribution >= 0.6 is 0 Å². The minimum absolute atomic E-state index is 0.117. The van der Waals surface area contributed by atoms with Crippen LogP contribution in [-0.4, -0.2) is 85.4 Å². The second-order valence-corrected chi connectivity index (χ2v) is 6.76. The fraction of sp³-hybridized carbons (Fsp3) is 0.867. The molecule has 0 aromatic carbocycles. The average Bonchev–Trinajstić information content (AvgIpc) is 2.75. The molecule has 2 heterocycles. The summed E-state index contributed by atoms with van der Waals surface area (Å²) in [5, 5.41) is 3.43. The number of likely N-dealkylation sites (N-methyl/N-ethyl adjacent to an activating group) is 1. The molecule has 2 saturated heterocycles. The molecule has 0 saturated carbocycles. The Balaban J connectivity index is 1.90. The third-order valence-corrected chi connectivity index (χ3v) is 4.25. The number of rotatable bonds is 4. The number of hydrogen-bond donors (Lipinski definition) is 1. The van der Waals surface area contributed by atoms with Crippen LogP contribution in [0.4, 0.5) is 0 Å². The van der Waals surface area contributed by atoms with Crippen LogP contribution in [0, 0.1) is 5.92 Å². The van der Waals surface area contributed by atoms with Gasteiger partial charge in [-0.15, -0.1) is 0 Å². The Hall–Kier alpha value is -1.14. The molecule has 0 bridgehead atoms. The van der Waals surface area contributed by atoms with E-state index in [-0.39, 0.29) is 17.7 Å². The predicted molar refractivity (Wildman–Crippen MR) is 81.9 cm³/mol. The largest absolute Gasteiger partial charge is 0.341 e. The van der Waals surface area contributed by atoms with Crippen molar-refractivity contribution in [3.05, 3.63) is 0 Å². The molecule has 6 nitrogen and oxygen atoms in total. The minimum Gasteiger partial charge on any atom is -0.341 e. The summed E-state index contributed by atoms with van der Waals surface area (Å²) >= 11 is 0. The number of piperazine rings is 1. The van der Waals surface area contributed by atoms with E-state index in [0.29, 0.717) is 31.6 Å². The van der Waals surface area contributed by atoms with Gasteiger partial charge in [0.25, 0.3) is 0 Å². The first kappa shape index (κ1) is 16.2. The molecule has 0 spiro atoms. The van der Waals surface area contributed by atoms with Crippen LogP contribution < -0.4 is 5.32 Å². The van der Waals surface area contributed by atoms with Crippen molar-refractivity contribution >= 4 is 11.8 Å². The van der Waals surface area contributed by atoms with Gasteiger partial charge in [0.2, 0.25) is 11.8 Å². The summed E-state index contributed by atoms with van der Waals surface area (Å²) in [4.78, 5) is 30.5. The number of likely N-dealkylation sites (tertiary alicyclic amines) is 1. The molecule has 6 heteroatoms. The van der Waals surface area contributed by atoms with Gasteiger partial charge in [0.1, 0.15) is 0 Å². The summed E-state index contributed by atoms with van der Waals surface area (Å²) in [6, 6.07) is 0.638. The highest BCUT2D eigenvalue weighted by Gasteiger charge is 2.37. The standard InChI is InChI=1S/C15H28N4O2/c1-11-8-19(9-12(2)16-11)15(21)13-7-14(20)18(10-13)6-5-17(3)4/h11-13,16H,5-10H2,1-4H3/t11-,12-,13+/m1/s1. The number of nitrogens with one attached hydrogen (secondary N) is 1. The van der Waals surface area contributed by atoms with Gasteiger partial charge in [0.15, 0.2) is 0 Å². The lowest BCUT2D eigenvalue weighted by Crippen LogP contribution is -2.57. The van der Waals surface area contributed by atoms with E-state index in [1.807, 2.05) is 23.9 Å². The first-order valence-electron chi connectivity index (χ1n) is 7.84. The molecular weight excluding hydrogens is 268 g/mol. The maximum atomic E-state index is 12.6. The topological polar surface area (TPSA) is 55.9 Å². The van der Waals surface area contributed by atoms with Gasteiger partial charge in [0.05, 0.1) is 5.92 Å². The molecule has 0 unspecified atom stereocenters. The maximum absolute atomic E-state index is 12.6. The average molecular weight is 296 g/mol. The van der Waals surface area contributed by atoms with E-state index in [2.05, 4.69) is 24.1 Å². The zero-order chi connectivity index (χ0) is 15.6. The lowest BCUT2D eigenvalue weighted by molar-refractivity contribution is -0.137. The Kier molecular flexibility index (Phi) is 5.22. The third kappa shape index (κ3) is 4.17. The molecule has 2 aliphatic heterocycles. The van der Waals surface area contributed by atoms with Gasteiger partial charge in [0, 0.05) is 51.2 Å². The van der Waals surface area contributed by atoms with Crippen LogP contribution in [-0.2, 0) is 9.59 Å². The van der Waals surface area contributed by atoms with E-state index in [9.17, 15) is 9.59 Å². The molecule has 21 heavy (non-hydrogen) atoms. The van der Waals surface area contributed by atoms with Gasteiger partial charge in [-0.3, -0.25) is 9.59 Å². The zero-order valence-corrected chi connectivity index (χ0v) is 13.6. The number of hydrogen-bond acceptors (Lipinski definition) is 4. The first-order chi connectivity index (χ1) is 9.86. The molecule has 2 amide bonds. The van der Waals surface area contributed by atoms with Crippen molar-refractivity contribution in [1.29, 1.82) is 0 Å². The number of carbonyl (C=O) groups excluding carboxylic acids is 2. The van der Waals surface area contributed by atoms with E-state index < -0.39 is 0 Å². The third-order valence-electron chi connectivity index (χ3n) is 4.25. The van der Waals surface area contributed by atoms with Crippen LogP contribution in [0.15, 0.2) is 0 Å². The fourth-order valence-electron chi connectivity index (χ4n) is 3.24. The normalized spacial score (nSPS) is 30.3. The predicted octanol–water partition coefficient (Wildman–Crippen LogP) is -0.395. The van der Waals surface area contributed by atoms with Gasteiger partial charge in [-0.05, 0) is 27.9 Å². The highest BCUT2D eigenvalue weighted by Crippen LogP contribution is 2.21. The molecule has 0 aliphatic carbocycles. The summed E-state index contributed by atoms with van der Waals surface area (Å²) in [6.45, 7) is 7.81. The van der Waals surface area contributed by atoms with Crippen LogP contribution in [0.5, 0.6) is 0 Å². The van der Waals surface area contributed by atoms with Crippen molar-refractivity contribution in [2.45, 2.75) is 32.4 Å². The minimum atomic E-state index is -0.155. The van der Waals surface area contributed by atoms with E-state index >= 15 is 0 Å². The Morgan fingerprint density at radius 3 is 2.43 bits per heavy atom. The fourth-order valence-corrected chi connectivity index (χ4v) is 3.24. The molecule has 2 fully saturated rings. The smallest absolute Gasteiger partial charge is 0.228 e. The maximum Gasteiger partial charge on any atom is 0.228 e. The van der Waals surface area contributed by atoms with Crippen molar-refractivity contribution in [2.75, 3.05) is 46.8 Å². The summed E-state index contributed by atoms with van der Waals surface area (Å²) in [6.07, 6.45) is 0.374. The van der Waals surface area contributed by atoms with Crippen LogP contribution in [0.3, 0.4) is 0 Å². The summed E-state index contributed by atoms with van der Waals surface area (Å²) in [5.74, 6) is 0.111. The van der Waals surface area contributed by atoms with Crippen LogP contribution in [0.2, 0.25) is 0 Å². The second-order valence-electron chi connectivity index (χ2n) is 6.76. The Bertz CT molecular complexity index is 389. The Morgan fingerprint density at radius 1 is 1.24 bits per heavy atom. The highest BCUT2D eigenvalue weighted by atomic mass is 16.2. The molecule has 3 atom stereocenters. The van der Waals surface area contributed by atoms with Crippen molar-refractivity contribution in [3.8, 4) is 0 Å². The first-order valence-corrected chi connectivity index (χ1v) is 7.84. The van der Waals surface area contributed by atoms with Crippen molar-refractivity contribution in [2.24, 2.45) is 5.92 Å². The summed E-state index contributed by atoms with van der Waals surface area (Å²) in [5.41, 5.74) is 0. The number of carbonyl (C=O) groups is 2. The quantitative estimate of drug-likeness (QED) is 0.767. The second kappa shape index (κ2) is 6.75. The SMILES string of the molecule is C[C@@H]1CN(C(=O)[C@H]2CC(=O)N(CCN(C)C)C2)C[C@@H](C)N1. The molecular formula is C15H28N4O2. The Labute approximate surface area is 127 Å². The van der Waals surface area contributed by atoms with Gasteiger partial charge in [-0.2, -0.15) is 0 Å². The molecule has 0 aromatic heterocycles. The summed E-state index contributed by atoms with van der Waals surface area (Å²) in [7, 11) is 3.99. The van der Waals surface area contributed by atoms with Crippen molar-refractivity contribution < 1.29 is 9.59 Å². The molecule has 120 valence electrons. The molecule has 0 aromatic rings. The van der Waals surface area contributed by atoms with E-state index in [1.54, 1.807) is 0 Å². The monoisotopic (exact) mass is 296 g/mol. The van der Waals surface area contributed by atoms with Gasteiger partial charge in [-0.25, -0.2) is 0 Å². The lowest BCUT2D eigenvalue weighted by atomic mass is 10.0. The van der Waals surface area contributed by atoms with Crippen LogP contribution in [0.1, 0.15) is 20.3 Å². The molecule has 2 rings (SSSR count).